The molecule has 0 amide bonds. The van der Waals surface area contributed by atoms with Crippen molar-refractivity contribution >= 4 is 0 Å². The number of benzene rings is 1. The Morgan fingerprint density at radius 1 is 1.44 bits per heavy atom. The first-order chi connectivity index (χ1) is 8.70. The summed E-state index contributed by atoms with van der Waals surface area (Å²) in [7, 11) is 0. The van der Waals surface area contributed by atoms with Crippen LogP contribution in [0, 0.1) is 17.6 Å². The van der Waals surface area contributed by atoms with E-state index in [2.05, 4.69) is 5.32 Å². The summed E-state index contributed by atoms with van der Waals surface area (Å²) >= 11 is 0. The minimum Gasteiger partial charge on any atom is -0.381 e. The van der Waals surface area contributed by atoms with Gasteiger partial charge in [0.25, 0.3) is 0 Å². The second-order valence-electron chi connectivity index (χ2n) is 4.74. The minimum atomic E-state index is -0.532. The Morgan fingerprint density at radius 3 is 2.89 bits per heavy atom. The average Bonchev–Trinajstić information content (AvgIpc) is 2.81. The monoisotopic (exact) mass is 255 g/mol. The molecule has 1 aromatic rings. The number of hydrogen-bond acceptors (Lipinski definition) is 2. The lowest BCUT2D eigenvalue weighted by Crippen LogP contribution is -2.24. The van der Waals surface area contributed by atoms with Crippen molar-refractivity contribution in [3.8, 4) is 0 Å². The maximum Gasteiger partial charge on any atom is 0.130 e. The molecule has 0 radical (unpaired) electrons. The molecule has 1 N–H and O–H groups in total. The van der Waals surface area contributed by atoms with E-state index in [0.717, 1.165) is 38.7 Å². The highest BCUT2D eigenvalue weighted by Gasteiger charge is 2.23. The van der Waals surface area contributed by atoms with Crippen LogP contribution >= 0.6 is 0 Å². The topological polar surface area (TPSA) is 21.3 Å². The number of halogens is 2. The molecule has 2 atom stereocenters. The summed E-state index contributed by atoms with van der Waals surface area (Å²) in [5, 5.41) is 3.27. The highest BCUT2D eigenvalue weighted by atomic mass is 19.1. The molecule has 2 nitrogen and oxygen atoms in total. The molecule has 4 heteroatoms. The maximum absolute atomic E-state index is 13.8. The molecule has 18 heavy (non-hydrogen) atoms. The predicted octanol–water partition coefficient (Wildman–Crippen LogP) is 3.04. The van der Waals surface area contributed by atoms with Crippen LogP contribution in [0.25, 0.3) is 0 Å². The van der Waals surface area contributed by atoms with Crippen molar-refractivity contribution in [1.29, 1.82) is 0 Å². The summed E-state index contributed by atoms with van der Waals surface area (Å²) in [4.78, 5) is 0. The first-order valence-electron chi connectivity index (χ1n) is 6.46. The Balaban J connectivity index is 2.12. The summed E-state index contributed by atoms with van der Waals surface area (Å²) < 4.78 is 32.0. The molecule has 0 aromatic heterocycles. The smallest absolute Gasteiger partial charge is 0.130 e. The van der Waals surface area contributed by atoms with E-state index in [1.807, 2.05) is 6.92 Å². The van der Waals surface area contributed by atoms with E-state index in [-0.39, 0.29) is 6.04 Å². The second-order valence-corrected chi connectivity index (χ2v) is 4.74. The lowest BCUT2D eigenvalue weighted by atomic mass is 9.94. The maximum atomic E-state index is 13.8. The summed E-state index contributed by atoms with van der Waals surface area (Å²) in [6.07, 6.45) is 1.85. The van der Waals surface area contributed by atoms with Crippen LogP contribution in [0.1, 0.15) is 31.4 Å². The molecule has 1 aliphatic heterocycles. The Bertz CT molecular complexity index is 391. The van der Waals surface area contributed by atoms with Gasteiger partial charge in [-0.2, -0.15) is 0 Å². The van der Waals surface area contributed by atoms with Gasteiger partial charge in [-0.25, -0.2) is 8.78 Å². The Kier molecular flexibility index (Phi) is 4.66. The van der Waals surface area contributed by atoms with Crippen LogP contribution in [0.5, 0.6) is 0 Å². The van der Waals surface area contributed by atoms with Crippen molar-refractivity contribution in [2.75, 3.05) is 19.8 Å². The molecule has 0 aliphatic carbocycles. The fourth-order valence-electron chi connectivity index (χ4n) is 2.45. The molecule has 0 saturated carbocycles. The van der Waals surface area contributed by atoms with Gasteiger partial charge < -0.3 is 10.1 Å². The molecule has 0 spiro atoms. The average molecular weight is 255 g/mol. The Labute approximate surface area is 106 Å². The van der Waals surface area contributed by atoms with Crippen LogP contribution in [0.2, 0.25) is 0 Å². The highest BCUT2D eigenvalue weighted by molar-refractivity contribution is 5.22. The van der Waals surface area contributed by atoms with Crippen LogP contribution in [-0.4, -0.2) is 19.8 Å². The van der Waals surface area contributed by atoms with Crippen molar-refractivity contribution in [2.45, 2.75) is 25.8 Å². The summed E-state index contributed by atoms with van der Waals surface area (Å²) in [5.41, 5.74) is 0.546. The standard InChI is InChI=1S/C14H19F2NO/c1-2-17-14(7-10-5-6-18-9-10)12-4-3-11(15)8-13(12)16/h3-4,8,10,14,17H,2,5-7,9H2,1H3. The minimum absolute atomic E-state index is 0.0673. The number of hydrogen-bond donors (Lipinski definition) is 1. The molecular formula is C14H19F2NO. The van der Waals surface area contributed by atoms with Gasteiger partial charge in [-0.05, 0) is 31.4 Å². The van der Waals surface area contributed by atoms with Crippen molar-refractivity contribution < 1.29 is 13.5 Å². The fraction of sp³-hybridized carbons (Fsp3) is 0.571. The molecule has 1 fully saturated rings. The van der Waals surface area contributed by atoms with Gasteiger partial charge in [-0.1, -0.05) is 13.0 Å². The number of nitrogens with one attached hydrogen (secondary N) is 1. The number of rotatable bonds is 5. The fourth-order valence-corrected chi connectivity index (χ4v) is 2.45. The quantitative estimate of drug-likeness (QED) is 0.873. The van der Waals surface area contributed by atoms with Crippen LogP contribution in [0.15, 0.2) is 18.2 Å². The Morgan fingerprint density at radius 2 is 2.28 bits per heavy atom. The zero-order chi connectivity index (χ0) is 13.0. The SMILES string of the molecule is CCNC(CC1CCOC1)c1ccc(F)cc1F. The number of ether oxygens (including phenoxy) is 1. The van der Waals surface area contributed by atoms with E-state index in [0.29, 0.717) is 11.5 Å². The van der Waals surface area contributed by atoms with Gasteiger partial charge in [0, 0.05) is 30.9 Å². The third kappa shape index (κ3) is 3.27. The van der Waals surface area contributed by atoms with Gasteiger partial charge in [0.05, 0.1) is 0 Å². The largest absolute Gasteiger partial charge is 0.381 e. The predicted molar refractivity (Wildman–Crippen MR) is 66.3 cm³/mol. The van der Waals surface area contributed by atoms with Crippen molar-refractivity contribution in [3.63, 3.8) is 0 Å². The third-order valence-electron chi connectivity index (χ3n) is 3.38. The molecular weight excluding hydrogens is 236 g/mol. The van der Waals surface area contributed by atoms with E-state index in [1.165, 1.54) is 12.1 Å². The first-order valence-corrected chi connectivity index (χ1v) is 6.46. The van der Waals surface area contributed by atoms with Gasteiger partial charge in [0.15, 0.2) is 0 Å². The highest BCUT2D eigenvalue weighted by Crippen LogP contribution is 2.28. The van der Waals surface area contributed by atoms with Gasteiger partial charge >= 0.3 is 0 Å². The van der Waals surface area contributed by atoms with Crippen molar-refractivity contribution in [1.82, 2.24) is 5.32 Å². The van der Waals surface area contributed by atoms with E-state index in [9.17, 15) is 8.78 Å². The van der Waals surface area contributed by atoms with Gasteiger partial charge in [0.2, 0.25) is 0 Å². The van der Waals surface area contributed by atoms with E-state index >= 15 is 0 Å². The van der Waals surface area contributed by atoms with E-state index < -0.39 is 11.6 Å². The van der Waals surface area contributed by atoms with Crippen molar-refractivity contribution in [3.05, 3.63) is 35.4 Å². The van der Waals surface area contributed by atoms with E-state index in [1.54, 1.807) is 0 Å². The second kappa shape index (κ2) is 6.25. The first kappa shape index (κ1) is 13.4. The molecule has 1 saturated heterocycles. The zero-order valence-electron chi connectivity index (χ0n) is 10.6. The van der Waals surface area contributed by atoms with Gasteiger partial charge in [0.1, 0.15) is 11.6 Å². The van der Waals surface area contributed by atoms with Crippen LogP contribution < -0.4 is 5.32 Å². The Hall–Kier alpha value is -1.00. The van der Waals surface area contributed by atoms with Crippen LogP contribution in [0.4, 0.5) is 8.78 Å². The summed E-state index contributed by atoms with van der Waals surface area (Å²) in [6.45, 7) is 4.27. The molecule has 2 unspecified atom stereocenters. The van der Waals surface area contributed by atoms with Crippen molar-refractivity contribution in [2.24, 2.45) is 5.92 Å². The van der Waals surface area contributed by atoms with Crippen LogP contribution in [-0.2, 0) is 4.74 Å². The summed E-state index contributed by atoms with van der Waals surface area (Å²) in [6, 6.07) is 3.73. The molecule has 100 valence electrons. The normalized spacial score (nSPS) is 21.2. The van der Waals surface area contributed by atoms with Crippen LogP contribution in [0.3, 0.4) is 0 Å². The lowest BCUT2D eigenvalue weighted by Gasteiger charge is -2.21. The van der Waals surface area contributed by atoms with E-state index in [4.69, 9.17) is 4.74 Å². The van der Waals surface area contributed by atoms with Gasteiger partial charge in [-0.3, -0.25) is 0 Å². The lowest BCUT2D eigenvalue weighted by molar-refractivity contribution is 0.181. The van der Waals surface area contributed by atoms with Gasteiger partial charge in [-0.15, -0.1) is 0 Å². The molecule has 0 bridgehead atoms. The zero-order valence-corrected chi connectivity index (χ0v) is 10.6. The third-order valence-corrected chi connectivity index (χ3v) is 3.38. The molecule has 1 aromatic carbocycles. The molecule has 1 aliphatic rings. The molecule has 2 rings (SSSR count). The molecule has 1 heterocycles. The summed E-state index contributed by atoms with van der Waals surface area (Å²) in [5.74, 6) is -0.547.